The zero-order valence-corrected chi connectivity index (χ0v) is 9.36. The van der Waals surface area contributed by atoms with Gasteiger partial charge in [-0.1, -0.05) is 6.92 Å². The number of hydrogen-bond acceptors (Lipinski definition) is 3. The third-order valence-electron chi connectivity index (χ3n) is 2.87. The van der Waals surface area contributed by atoms with Crippen molar-refractivity contribution in [1.29, 1.82) is 0 Å². The molecule has 3 heteroatoms. The van der Waals surface area contributed by atoms with Gasteiger partial charge >= 0.3 is 0 Å². The summed E-state index contributed by atoms with van der Waals surface area (Å²) in [6, 6.07) is 0.268. The average Bonchev–Trinajstić information content (AvgIpc) is 2.00. The maximum atomic E-state index is 11.0. The molecule has 1 aliphatic rings. The maximum absolute atomic E-state index is 11.0. The van der Waals surface area contributed by atoms with Gasteiger partial charge in [0.25, 0.3) is 0 Å². The van der Waals surface area contributed by atoms with Crippen molar-refractivity contribution in [3.8, 4) is 0 Å². The summed E-state index contributed by atoms with van der Waals surface area (Å²) >= 11 is 0. The molecule has 0 amide bonds. The molecule has 0 aromatic rings. The summed E-state index contributed by atoms with van der Waals surface area (Å²) in [5.74, 6) is 0.762. The number of nitrogens with zero attached hydrogens (tertiary/aromatic N) is 1. The SMILES string of the molecule is CC(=O)CC(C)N1CC(C)CC(O)C1. The van der Waals surface area contributed by atoms with E-state index < -0.39 is 0 Å². The Balaban J connectivity index is 2.46. The Morgan fingerprint density at radius 2 is 2.21 bits per heavy atom. The number of carbonyl (C=O) groups excluding carboxylic acids is 1. The molecule has 3 nitrogen and oxygen atoms in total. The summed E-state index contributed by atoms with van der Waals surface area (Å²) < 4.78 is 0. The molecule has 1 fully saturated rings. The first kappa shape index (κ1) is 11.7. The van der Waals surface area contributed by atoms with Gasteiger partial charge in [-0.15, -0.1) is 0 Å². The normalized spacial score (nSPS) is 31.4. The lowest BCUT2D eigenvalue weighted by molar-refractivity contribution is -0.118. The van der Waals surface area contributed by atoms with Crippen molar-refractivity contribution in [3.05, 3.63) is 0 Å². The van der Waals surface area contributed by atoms with Crippen LogP contribution in [-0.2, 0) is 4.79 Å². The Hall–Kier alpha value is -0.410. The fourth-order valence-electron chi connectivity index (χ4n) is 2.26. The van der Waals surface area contributed by atoms with E-state index in [2.05, 4.69) is 18.7 Å². The molecule has 1 saturated heterocycles. The smallest absolute Gasteiger partial charge is 0.131 e. The predicted octanol–water partition coefficient (Wildman–Crippen LogP) is 1.06. The minimum Gasteiger partial charge on any atom is -0.392 e. The molecule has 0 saturated carbocycles. The maximum Gasteiger partial charge on any atom is 0.131 e. The molecular formula is C11H21NO2. The minimum atomic E-state index is -0.215. The molecule has 3 atom stereocenters. The highest BCUT2D eigenvalue weighted by Crippen LogP contribution is 2.19. The highest BCUT2D eigenvalue weighted by Gasteiger charge is 2.26. The first-order valence-corrected chi connectivity index (χ1v) is 5.40. The molecule has 1 heterocycles. The number of carbonyl (C=O) groups is 1. The van der Waals surface area contributed by atoms with Gasteiger partial charge in [0.15, 0.2) is 0 Å². The van der Waals surface area contributed by atoms with Crippen LogP contribution in [0.3, 0.4) is 0 Å². The highest BCUT2D eigenvalue weighted by molar-refractivity contribution is 5.76. The van der Waals surface area contributed by atoms with Gasteiger partial charge in [-0.05, 0) is 26.2 Å². The van der Waals surface area contributed by atoms with Gasteiger partial charge < -0.3 is 5.11 Å². The summed E-state index contributed by atoms with van der Waals surface area (Å²) in [5, 5.41) is 9.61. The second-order valence-corrected chi connectivity index (χ2v) is 4.70. The minimum absolute atomic E-state index is 0.215. The Labute approximate surface area is 86.1 Å². The van der Waals surface area contributed by atoms with Gasteiger partial charge in [0.05, 0.1) is 6.10 Å². The number of aliphatic hydroxyl groups is 1. The van der Waals surface area contributed by atoms with Crippen molar-refractivity contribution in [2.24, 2.45) is 5.92 Å². The quantitative estimate of drug-likeness (QED) is 0.739. The van der Waals surface area contributed by atoms with Gasteiger partial charge in [0, 0.05) is 25.6 Å². The molecule has 0 aliphatic carbocycles. The summed E-state index contributed by atoms with van der Waals surface area (Å²) in [6.07, 6.45) is 1.27. The van der Waals surface area contributed by atoms with E-state index in [0.29, 0.717) is 12.3 Å². The number of hydrogen-bond donors (Lipinski definition) is 1. The highest BCUT2D eigenvalue weighted by atomic mass is 16.3. The summed E-state index contributed by atoms with van der Waals surface area (Å²) in [5.41, 5.74) is 0. The average molecular weight is 199 g/mol. The van der Waals surface area contributed by atoms with Crippen LogP contribution in [0.15, 0.2) is 0 Å². The van der Waals surface area contributed by atoms with Crippen LogP contribution in [0.1, 0.15) is 33.6 Å². The van der Waals surface area contributed by atoms with E-state index >= 15 is 0 Å². The number of Topliss-reactive ketones (excluding diaryl/α,β-unsaturated/α-hetero) is 1. The van der Waals surface area contributed by atoms with Crippen LogP contribution in [-0.4, -0.2) is 41.0 Å². The first-order chi connectivity index (χ1) is 6.49. The number of aliphatic hydroxyl groups excluding tert-OH is 1. The topological polar surface area (TPSA) is 40.5 Å². The van der Waals surface area contributed by atoms with E-state index in [1.807, 2.05) is 0 Å². The third kappa shape index (κ3) is 3.39. The van der Waals surface area contributed by atoms with Crippen molar-refractivity contribution in [2.45, 2.75) is 45.8 Å². The fourth-order valence-corrected chi connectivity index (χ4v) is 2.26. The van der Waals surface area contributed by atoms with Crippen LogP contribution in [0, 0.1) is 5.92 Å². The standard InChI is InChI=1S/C11H21NO2/c1-8-4-11(14)7-12(6-8)9(2)5-10(3)13/h8-9,11,14H,4-7H2,1-3H3. The molecule has 3 unspecified atom stereocenters. The molecule has 1 N–H and O–H groups in total. The lowest BCUT2D eigenvalue weighted by Crippen LogP contribution is -2.47. The zero-order valence-electron chi connectivity index (χ0n) is 9.36. The van der Waals surface area contributed by atoms with E-state index in [1.165, 1.54) is 0 Å². The van der Waals surface area contributed by atoms with Crippen LogP contribution in [0.25, 0.3) is 0 Å². The van der Waals surface area contributed by atoms with Gasteiger partial charge in [-0.25, -0.2) is 0 Å². The van der Waals surface area contributed by atoms with E-state index in [9.17, 15) is 9.90 Å². The van der Waals surface area contributed by atoms with Crippen LogP contribution < -0.4 is 0 Å². The van der Waals surface area contributed by atoms with Crippen molar-refractivity contribution in [3.63, 3.8) is 0 Å². The summed E-state index contributed by atoms with van der Waals surface area (Å²) in [4.78, 5) is 13.2. The van der Waals surface area contributed by atoms with E-state index in [4.69, 9.17) is 0 Å². The Kier molecular flexibility index (Phi) is 4.08. The second kappa shape index (κ2) is 4.89. The Morgan fingerprint density at radius 3 is 2.71 bits per heavy atom. The molecule has 1 aliphatic heterocycles. The number of likely N-dealkylation sites (tertiary alicyclic amines) is 1. The Morgan fingerprint density at radius 1 is 1.57 bits per heavy atom. The summed E-state index contributed by atoms with van der Waals surface area (Å²) in [6.45, 7) is 7.56. The molecule has 0 radical (unpaired) electrons. The number of rotatable bonds is 3. The van der Waals surface area contributed by atoms with Gasteiger partial charge in [0.1, 0.15) is 5.78 Å². The van der Waals surface area contributed by atoms with Crippen LogP contribution in [0.4, 0.5) is 0 Å². The predicted molar refractivity (Wildman–Crippen MR) is 56.1 cm³/mol. The van der Waals surface area contributed by atoms with Gasteiger partial charge in [-0.2, -0.15) is 0 Å². The fraction of sp³-hybridized carbons (Fsp3) is 0.909. The van der Waals surface area contributed by atoms with Crippen molar-refractivity contribution < 1.29 is 9.90 Å². The monoisotopic (exact) mass is 199 g/mol. The molecule has 1 rings (SSSR count). The molecule has 0 spiro atoms. The van der Waals surface area contributed by atoms with Crippen molar-refractivity contribution in [2.75, 3.05) is 13.1 Å². The van der Waals surface area contributed by atoms with Crippen LogP contribution in [0.2, 0.25) is 0 Å². The molecule has 0 aromatic heterocycles. The van der Waals surface area contributed by atoms with Gasteiger partial charge in [0.2, 0.25) is 0 Å². The molecule has 14 heavy (non-hydrogen) atoms. The lowest BCUT2D eigenvalue weighted by atomic mass is 9.96. The van der Waals surface area contributed by atoms with E-state index in [-0.39, 0.29) is 17.9 Å². The van der Waals surface area contributed by atoms with Gasteiger partial charge in [-0.3, -0.25) is 9.69 Å². The molecule has 0 bridgehead atoms. The number of piperidine rings is 1. The zero-order chi connectivity index (χ0) is 10.7. The molecule has 82 valence electrons. The van der Waals surface area contributed by atoms with E-state index in [1.54, 1.807) is 6.92 Å². The van der Waals surface area contributed by atoms with Crippen molar-refractivity contribution >= 4 is 5.78 Å². The molecular weight excluding hydrogens is 178 g/mol. The van der Waals surface area contributed by atoms with Crippen molar-refractivity contribution in [1.82, 2.24) is 4.90 Å². The number of β-amino-alcohol motifs (C(OH)–C–C–N with tert-alkyl or cyclic N) is 1. The largest absolute Gasteiger partial charge is 0.392 e. The third-order valence-corrected chi connectivity index (χ3v) is 2.87. The molecule has 0 aromatic carbocycles. The Bertz CT molecular complexity index is 195. The van der Waals surface area contributed by atoms with Crippen LogP contribution >= 0.6 is 0 Å². The first-order valence-electron chi connectivity index (χ1n) is 5.40. The van der Waals surface area contributed by atoms with E-state index in [0.717, 1.165) is 19.5 Å². The number of ketones is 1. The second-order valence-electron chi connectivity index (χ2n) is 4.70. The lowest BCUT2D eigenvalue weighted by Gasteiger charge is -2.37. The van der Waals surface area contributed by atoms with Crippen LogP contribution in [0.5, 0.6) is 0 Å². The summed E-state index contributed by atoms with van der Waals surface area (Å²) in [7, 11) is 0.